The molecule has 18 nitrogen and oxygen atoms in total. The molecule has 0 spiro atoms. The van der Waals surface area contributed by atoms with Crippen molar-refractivity contribution in [2.75, 3.05) is 91.6 Å². The van der Waals surface area contributed by atoms with E-state index in [0.717, 1.165) is 57.8 Å². The van der Waals surface area contributed by atoms with Crippen LogP contribution in [0.15, 0.2) is 0 Å². The molecule has 20 N–H and O–H groups in total. The molecular weight excluding hydrogens is 680 g/mol. The number of nitrogens with one attached hydrogen (secondary N) is 4. The molecule has 0 aromatic heterocycles. The Labute approximate surface area is 318 Å². The first-order valence-electron chi connectivity index (χ1n) is 19.9. The zero-order valence-electron chi connectivity index (χ0n) is 32.5. The zero-order valence-corrected chi connectivity index (χ0v) is 32.5. The van der Waals surface area contributed by atoms with Crippen molar-refractivity contribution in [3.8, 4) is 0 Å². The van der Waals surface area contributed by atoms with Gasteiger partial charge in [0.05, 0.1) is 24.2 Å². The van der Waals surface area contributed by atoms with Gasteiger partial charge in [-0.05, 0) is 97.1 Å². The monoisotopic (exact) mass is 759 g/mol. The lowest BCUT2D eigenvalue weighted by atomic mass is 10.1. The molecule has 0 unspecified atom stereocenters. The Morgan fingerprint density at radius 1 is 0.358 bits per heavy atom. The van der Waals surface area contributed by atoms with Gasteiger partial charge in [-0.25, -0.2) is 0 Å². The van der Waals surface area contributed by atoms with Gasteiger partial charge in [0.1, 0.15) is 0 Å². The van der Waals surface area contributed by atoms with Crippen molar-refractivity contribution in [3.05, 3.63) is 0 Å². The Morgan fingerprint density at radius 2 is 0.585 bits per heavy atom. The predicted molar refractivity (Wildman–Crippen MR) is 213 cm³/mol. The van der Waals surface area contributed by atoms with Crippen LogP contribution in [0, 0.1) is 0 Å². The van der Waals surface area contributed by atoms with Crippen molar-refractivity contribution in [1.82, 2.24) is 31.1 Å². The number of carbonyl (C=O) groups is 4. The first kappa shape index (κ1) is 50.5. The van der Waals surface area contributed by atoms with Crippen LogP contribution < -0.4 is 67.1 Å². The van der Waals surface area contributed by atoms with Crippen LogP contribution in [0.2, 0.25) is 0 Å². The van der Waals surface area contributed by atoms with E-state index in [2.05, 4.69) is 31.1 Å². The highest BCUT2D eigenvalue weighted by Gasteiger charge is 2.18. The molecular formula is C35H78N14O4. The van der Waals surface area contributed by atoms with E-state index in [-0.39, 0.29) is 23.6 Å². The summed E-state index contributed by atoms with van der Waals surface area (Å²) in [5.41, 5.74) is 46.5. The maximum Gasteiger partial charge on any atom is 0.236 e. The van der Waals surface area contributed by atoms with Crippen LogP contribution in [0.25, 0.3) is 0 Å². The van der Waals surface area contributed by atoms with Crippen LogP contribution in [0.1, 0.15) is 83.5 Å². The largest absolute Gasteiger partial charge is 0.353 e. The molecule has 0 saturated carbocycles. The molecule has 0 aliphatic rings. The highest BCUT2D eigenvalue weighted by atomic mass is 16.2. The standard InChI is InChI=1S/C35H78N14O4/c36-14-5-1-10-28(40)32(50)44-18-24-48(25-19-45-33(51)29(41)11-2-6-15-37)22-9-23-49(26-20-46-34(52)30(42)12-3-7-16-38)27-21-47-35(53)31(43)13-4-8-17-39/h28-31H,1-27,36-43H2,(H,44,50)(H,45,51)(H,46,52)(H,47,53)/t28-,29-,30-,31-/m0/s1. The Bertz CT molecular complexity index is 810. The Hall–Kier alpha value is -2.52. The number of hydrogen-bond acceptors (Lipinski definition) is 14. The average Bonchev–Trinajstić information content (AvgIpc) is 3.14. The van der Waals surface area contributed by atoms with E-state index in [1.807, 2.05) is 0 Å². The molecule has 0 aromatic rings. The summed E-state index contributed by atoms with van der Waals surface area (Å²) in [5.74, 6) is -0.807. The molecule has 0 saturated heterocycles. The van der Waals surface area contributed by atoms with Gasteiger partial charge in [0.15, 0.2) is 0 Å². The van der Waals surface area contributed by atoms with Crippen molar-refractivity contribution in [2.24, 2.45) is 45.9 Å². The predicted octanol–water partition coefficient (Wildman–Crippen LogP) is -3.73. The number of nitrogens with zero attached hydrogens (tertiary/aromatic N) is 2. The molecule has 4 amide bonds. The topological polar surface area (TPSA) is 331 Å². The number of amides is 4. The number of unbranched alkanes of at least 4 members (excludes halogenated alkanes) is 4. The van der Waals surface area contributed by atoms with Gasteiger partial charge in [0.2, 0.25) is 23.6 Å². The summed E-state index contributed by atoms with van der Waals surface area (Å²) in [6, 6.07) is -2.37. The summed E-state index contributed by atoms with van der Waals surface area (Å²) in [7, 11) is 0. The summed E-state index contributed by atoms with van der Waals surface area (Å²) in [5, 5.41) is 11.7. The van der Waals surface area contributed by atoms with Crippen molar-refractivity contribution in [1.29, 1.82) is 0 Å². The number of carbonyl (C=O) groups excluding carboxylic acids is 4. The van der Waals surface area contributed by atoms with Crippen molar-refractivity contribution < 1.29 is 19.2 Å². The molecule has 18 heteroatoms. The van der Waals surface area contributed by atoms with Crippen molar-refractivity contribution in [2.45, 2.75) is 108 Å². The molecule has 0 aliphatic heterocycles. The van der Waals surface area contributed by atoms with Crippen molar-refractivity contribution >= 4 is 23.6 Å². The smallest absolute Gasteiger partial charge is 0.236 e. The molecule has 0 rings (SSSR count). The normalized spacial score (nSPS) is 13.8. The van der Waals surface area contributed by atoms with E-state index in [1.165, 1.54) is 0 Å². The minimum atomic E-state index is -0.592. The third kappa shape index (κ3) is 27.7. The Morgan fingerprint density at radius 3 is 0.792 bits per heavy atom. The quantitative estimate of drug-likeness (QED) is 0.0274. The Kier molecular flexibility index (Phi) is 32.4. The molecule has 0 radical (unpaired) electrons. The fourth-order valence-electron chi connectivity index (χ4n) is 5.62. The van der Waals surface area contributed by atoms with E-state index in [0.29, 0.717) is 117 Å². The molecule has 0 aliphatic carbocycles. The molecule has 0 bridgehead atoms. The molecule has 0 aromatic carbocycles. The van der Waals surface area contributed by atoms with Gasteiger partial charge in [-0.3, -0.25) is 29.0 Å². The average molecular weight is 759 g/mol. The highest BCUT2D eigenvalue weighted by molar-refractivity contribution is 5.82. The van der Waals surface area contributed by atoms with Crippen LogP contribution in [-0.4, -0.2) is 149 Å². The van der Waals surface area contributed by atoms with Crippen LogP contribution >= 0.6 is 0 Å². The first-order chi connectivity index (χ1) is 25.5. The molecule has 312 valence electrons. The minimum Gasteiger partial charge on any atom is -0.353 e. The lowest BCUT2D eigenvalue weighted by molar-refractivity contribution is -0.123. The third-order valence-corrected chi connectivity index (χ3v) is 9.08. The lowest BCUT2D eigenvalue weighted by Gasteiger charge is -2.27. The van der Waals surface area contributed by atoms with E-state index >= 15 is 0 Å². The number of rotatable bonds is 36. The molecule has 0 fully saturated rings. The fourth-order valence-corrected chi connectivity index (χ4v) is 5.62. The van der Waals surface area contributed by atoms with E-state index in [9.17, 15) is 19.2 Å². The van der Waals surface area contributed by atoms with Gasteiger partial charge in [0.25, 0.3) is 0 Å². The summed E-state index contributed by atoms with van der Waals surface area (Å²) in [4.78, 5) is 54.6. The highest BCUT2D eigenvalue weighted by Crippen LogP contribution is 2.02. The maximum absolute atomic E-state index is 12.6. The summed E-state index contributed by atoms with van der Waals surface area (Å²) < 4.78 is 0. The second-order valence-electron chi connectivity index (χ2n) is 13.8. The van der Waals surface area contributed by atoms with E-state index in [4.69, 9.17) is 45.9 Å². The van der Waals surface area contributed by atoms with Gasteiger partial charge in [-0.2, -0.15) is 0 Å². The van der Waals surface area contributed by atoms with Gasteiger partial charge in [0, 0.05) is 52.4 Å². The van der Waals surface area contributed by atoms with Gasteiger partial charge < -0.3 is 67.1 Å². The first-order valence-corrected chi connectivity index (χ1v) is 19.9. The second kappa shape index (κ2) is 34.0. The fraction of sp³-hybridized carbons (Fsp3) is 0.886. The Balaban J connectivity index is 5.33. The molecule has 53 heavy (non-hydrogen) atoms. The third-order valence-electron chi connectivity index (χ3n) is 9.08. The van der Waals surface area contributed by atoms with Crippen molar-refractivity contribution in [3.63, 3.8) is 0 Å². The minimum absolute atomic E-state index is 0.202. The number of hydrogen-bond donors (Lipinski definition) is 12. The van der Waals surface area contributed by atoms with Gasteiger partial charge in [-0.1, -0.05) is 25.7 Å². The second-order valence-corrected chi connectivity index (χ2v) is 13.8. The zero-order chi connectivity index (χ0) is 39.7. The van der Waals surface area contributed by atoms with Crippen LogP contribution in [0.3, 0.4) is 0 Å². The SMILES string of the molecule is NCCCC[C@H](N)C(=O)NCCN(CCCN(CCNC(=O)[C@@H](N)CCCCN)CCNC(=O)[C@@H](N)CCCCN)CCNC(=O)[C@@H](N)CCCCN. The summed E-state index contributed by atoms with van der Waals surface area (Å²) in [6.45, 7) is 7.39. The molecule has 0 heterocycles. The summed E-state index contributed by atoms with van der Waals surface area (Å²) >= 11 is 0. The van der Waals surface area contributed by atoms with E-state index in [1.54, 1.807) is 0 Å². The van der Waals surface area contributed by atoms with Crippen LogP contribution in [-0.2, 0) is 19.2 Å². The summed E-state index contributed by atoms with van der Waals surface area (Å²) in [6.07, 6.45) is 9.46. The lowest BCUT2D eigenvalue weighted by Crippen LogP contribution is -2.47. The van der Waals surface area contributed by atoms with Gasteiger partial charge in [-0.15, -0.1) is 0 Å². The maximum atomic E-state index is 12.6. The van der Waals surface area contributed by atoms with Crippen LogP contribution in [0.4, 0.5) is 0 Å². The van der Waals surface area contributed by atoms with Gasteiger partial charge >= 0.3 is 0 Å². The van der Waals surface area contributed by atoms with E-state index < -0.39 is 24.2 Å². The number of nitrogens with two attached hydrogens (primary N) is 8. The molecule has 4 atom stereocenters. The van der Waals surface area contributed by atoms with Crippen LogP contribution in [0.5, 0.6) is 0 Å².